The molecule has 0 amide bonds. The molecule has 4 aromatic rings. The van der Waals surface area contributed by atoms with Crippen molar-refractivity contribution in [2.24, 2.45) is 0 Å². The number of benzene rings is 4. The van der Waals surface area contributed by atoms with Crippen LogP contribution < -0.4 is 16.4 Å². The van der Waals surface area contributed by atoms with Crippen LogP contribution in [0.15, 0.2) is 91.0 Å². The Bertz CT molecular complexity index is 1030. The van der Waals surface area contributed by atoms with Gasteiger partial charge in [-0.05, 0) is 51.6 Å². The normalized spacial score (nSPS) is 10.7. The average molecular weight is 426 g/mol. The molecule has 0 aliphatic carbocycles. The average Bonchev–Trinajstić information content (AvgIpc) is 2.84. The molecule has 3 heteroatoms. The Hall–Kier alpha value is -2.93. The Labute approximate surface area is 201 Å². The van der Waals surface area contributed by atoms with E-state index in [1.54, 1.807) is 0 Å². The summed E-state index contributed by atoms with van der Waals surface area (Å²) in [5, 5.41) is 0. The Balaban J connectivity index is 1.81. The molecule has 4 rings (SSSR count). The Kier molecular flexibility index (Phi) is 6.98. The van der Waals surface area contributed by atoms with Crippen LogP contribution in [-0.2, 0) is 0 Å². The molecule has 33 heavy (non-hydrogen) atoms. The third-order valence-electron chi connectivity index (χ3n) is 6.67. The summed E-state index contributed by atoms with van der Waals surface area (Å²) in [6, 6.07) is 34.2. The van der Waals surface area contributed by atoms with E-state index in [2.05, 4.69) is 132 Å². The third kappa shape index (κ3) is 5.36. The fourth-order valence-corrected chi connectivity index (χ4v) is 4.31. The van der Waals surface area contributed by atoms with Crippen LogP contribution in [0.2, 0.25) is 40.9 Å². The van der Waals surface area contributed by atoms with Gasteiger partial charge in [0, 0.05) is 0 Å². The molecule has 0 bridgehead atoms. The van der Waals surface area contributed by atoms with Crippen molar-refractivity contribution >= 4 is 36.5 Å². The largest absolute Gasteiger partial charge is 0.169 e. The highest BCUT2D eigenvalue weighted by molar-refractivity contribution is 6.71. The predicted molar refractivity (Wildman–Crippen MR) is 154 cm³/mol. The lowest BCUT2D eigenvalue weighted by atomic mass is 9.49. The van der Waals surface area contributed by atoms with Gasteiger partial charge < -0.3 is 0 Å². The first-order valence-electron chi connectivity index (χ1n) is 12.3. The minimum absolute atomic E-state index is 0.542. The van der Waals surface area contributed by atoms with Crippen molar-refractivity contribution in [1.82, 2.24) is 0 Å². The van der Waals surface area contributed by atoms with Gasteiger partial charge in [-0.25, -0.2) is 0 Å². The van der Waals surface area contributed by atoms with Crippen LogP contribution in [0.3, 0.4) is 0 Å². The molecule has 0 unspecified atom stereocenters. The second-order valence-corrected chi connectivity index (χ2v) is 10.1. The van der Waals surface area contributed by atoms with Crippen molar-refractivity contribution in [1.29, 1.82) is 0 Å². The SMILES string of the molecule is CB(C)c1ccc(-c2cc(-c3ccc(B(C)C)cc3)cc(-c3ccc(B(C)C)cc3)c2)cc1. The van der Waals surface area contributed by atoms with Gasteiger partial charge in [-0.15, -0.1) is 0 Å². The molecule has 0 aromatic heterocycles. The minimum atomic E-state index is 0.542. The van der Waals surface area contributed by atoms with Gasteiger partial charge in [0.15, 0.2) is 20.1 Å². The fourth-order valence-electron chi connectivity index (χ4n) is 4.31. The van der Waals surface area contributed by atoms with Crippen LogP contribution >= 0.6 is 0 Å². The van der Waals surface area contributed by atoms with Crippen LogP contribution in [0.4, 0.5) is 0 Å². The second-order valence-electron chi connectivity index (χ2n) is 10.1. The lowest BCUT2D eigenvalue weighted by Crippen LogP contribution is -2.21. The summed E-state index contributed by atoms with van der Waals surface area (Å²) in [5.74, 6) is 0. The molecule has 0 atom stereocenters. The van der Waals surface area contributed by atoms with E-state index < -0.39 is 0 Å². The first-order valence-corrected chi connectivity index (χ1v) is 12.3. The molecule has 0 N–H and O–H groups in total. The van der Waals surface area contributed by atoms with E-state index in [1.165, 1.54) is 49.8 Å². The molecule has 0 aliphatic rings. The highest BCUT2D eigenvalue weighted by atomic mass is 14.1. The maximum absolute atomic E-state index is 2.33. The zero-order chi connectivity index (χ0) is 23.5. The topological polar surface area (TPSA) is 0 Å². The van der Waals surface area contributed by atoms with E-state index in [0.717, 1.165) is 0 Å². The van der Waals surface area contributed by atoms with E-state index in [9.17, 15) is 0 Å². The molecule has 0 nitrogen and oxygen atoms in total. The number of rotatable bonds is 6. The Morgan fingerprint density at radius 3 is 0.697 bits per heavy atom. The molecule has 4 aromatic carbocycles. The summed E-state index contributed by atoms with van der Waals surface area (Å²) >= 11 is 0. The van der Waals surface area contributed by atoms with E-state index in [1.807, 2.05) is 0 Å². The van der Waals surface area contributed by atoms with Crippen LogP contribution in [0, 0.1) is 0 Å². The molecule has 0 heterocycles. The molecule has 0 spiro atoms. The summed E-state index contributed by atoms with van der Waals surface area (Å²) in [4.78, 5) is 0. The minimum Gasteiger partial charge on any atom is -0.0819 e. The van der Waals surface area contributed by atoms with Crippen molar-refractivity contribution in [3.05, 3.63) is 91.0 Å². The summed E-state index contributed by atoms with van der Waals surface area (Å²) < 4.78 is 0. The molecule has 162 valence electrons. The summed E-state index contributed by atoms with van der Waals surface area (Å²) in [6.45, 7) is 15.1. The van der Waals surface area contributed by atoms with Crippen LogP contribution in [0.5, 0.6) is 0 Å². The van der Waals surface area contributed by atoms with Gasteiger partial charge in [0.2, 0.25) is 0 Å². The predicted octanol–water partition coefficient (Wildman–Crippen LogP) is 6.57. The van der Waals surface area contributed by atoms with Crippen LogP contribution in [0.1, 0.15) is 0 Å². The molecular weight excluding hydrogens is 393 g/mol. The fraction of sp³-hybridized carbons (Fsp3) is 0.200. The molecule has 0 fully saturated rings. The Morgan fingerprint density at radius 2 is 0.515 bits per heavy atom. The lowest BCUT2D eigenvalue weighted by Gasteiger charge is -2.13. The molecule has 0 radical (unpaired) electrons. The van der Waals surface area contributed by atoms with E-state index >= 15 is 0 Å². The van der Waals surface area contributed by atoms with E-state index in [-0.39, 0.29) is 0 Å². The molecule has 0 saturated heterocycles. The van der Waals surface area contributed by atoms with Gasteiger partial charge >= 0.3 is 0 Å². The van der Waals surface area contributed by atoms with Crippen molar-refractivity contribution in [3.8, 4) is 33.4 Å². The first-order chi connectivity index (χ1) is 15.8. The number of hydrogen-bond acceptors (Lipinski definition) is 0. The molecular formula is C30H33B3. The zero-order valence-corrected chi connectivity index (χ0v) is 20.9. The van der Waals surface area contributed by atoms with E-state index in [0.29, 0.717) is 20.1 Å². The first kappa shape index (κ1) is 23.2. The van der Waals surface area contributed by atoms with Crippen molar-refractivity contribution < 1.29 is 0 Å². The summed E-state index contributed by atoms with van der Waals surface area (Å²) in [7, 11) is 0. The highest BCUT2D eigenvalue weighted by Gasteiger charge is 2.11. The van der Waals surface area contributed by atoms with E-state index in [4.69, 9.17) is 0 Å². The van der Waals surface area contributed by atoms with Crippen molar-refractivity contribution in [2.45, 2.75) is 40.9 Å². The van der Waals surface area contributed by atoms with Gasteiger partial charge in [0.25, 0.3) is 0 Å². The molecule has 0 saturated carbocycles. The third-order valence-corrected chi connectivity index (χ3v) is 6.67. The highest BCUT2D eigenvalue weighted by Crippen LogP contribution is 2.32. The smallest absolute Gasteiger partial charge is 0.0819 e. The van der Waals surface area contributed by atoms with Gasteiger partial charge in [-0.2, -0.15) is 0 Å². The maximum Gasteiger partial charge on any atom is 0.169 e. The quantitative estimate of drug-likeness (QED) is 0.306. The summed E-state index contributed by atoms with van der Waals surface area (Å²) in [6.07, 6.45) is 0. The molecule has 0 aliphatic heterocycles. The van der Waals surface area contributed by atoms with Crippen LogP contribution in [-0.4, -0.2) is 20.1 Å². The lowest BCUT2D eigenvalue weighted by molar-refractivity contribution is 1.57. The van der Waals surface area contributed by atoms with Crippen molar-refractivity contribution in [3.63, 3.8) is 0 Å². The summed E-state index contributed by atoms with van der Waals surface area (Å²) in [5.41, 5.74) is 11.7. The Morgan fingerprint density at radius 1 is 0.303 bits per heavy atom. The number of hydrogen-bond donors (Lipinski definition) is 0. The van der Waals surface area contributed by atoms with Gasteiger partial charge in [-0.3, -0.25) is 0 Å². The van der Waals surface area contributed by atoms with Gasteiger partial charge in [0.05, 0.1) is 0 Å². The second kappa shape index (κ2) is 9.92. The zero-order valence-electron chi connectivity index (χ0n) is 20.9. The maximum atomic E-state index is 2.33. The van der Waals surface area contributed by atoms with Crippen molar-refractivity contribution in [2.75, 3.05) is 0 Å². The van der Waals surface area contributed by atoms with Gasteiger partial charge in [-0.1, -0.05) is 130 Å². The monoisotopic (exact) mass is 426 g/mol. The van der Waals surface area contributed by atoms with Crippen LogP contribution in [0.25, 0.3) is 33.4 Å². The standard InChI is InChI=1S/C30H33B3/c1-31(2)28-13-7-22(8-14-28)25-19-26(23-9-15-29(16-10-23)32(3)4)21-27(20-25)24-11-17-30(18-12-24)33(5)6/h7-21H,1-6H3. The van der Waals surface area contributed by atoms with Gasteiger partial charge in [0.1, 0.15) is 0 Å².